The first-order valence-electron chi connectivity index (χ1n) is 9.83. The number of anilines is 1. The fourth-order valence-electron chi connectivity index (χ4n) is 3.13. The number of ketones is 1. The summed E-state index contributed by atoms with van der Waals surface area (Å²) >= 11 is 0. The second-order valence-corrected chi connectivity index (χ2v) is 9.22. The van der Waals surface area contributed by atoms with Crippen LogP contribution in [-0.4, -0.2) is 38.6 Å². The minimum atomic E-state index is -3.94. The average molecular weight is 453 g/mol. The van der Waals surface area contributed by atoms with Crippen LogP contribution in [0.1, 0.15) is 33.2 Å². The second-order valence-electron chi connectivity index (χ2n) is 7.20. The smallest absolute Gasteiger partial charge is 0.255 e. The maximum atomic E-state index is 13.2. The topological polar surface area (TPSA) is 92.8 Å². The summed E-state index contributed by atoms with van der Waals surface area (Å²) in [4.78, 5) is 24.3. The Morgan fingerprint density at radius 3 is 2.31 bits per heavy atom. The van der Waals surface area contributed by atoms with E-state index in [0.717, 1.165) is 5.56 Å². The summed E-state index contributed by atoms with van der Waals surface area (Å²) in [6, 6.07) is 20.0. The molecule has 8 heteroatoms. The molecule has 3 aromatic carbocycles. The molecule has 0 fully saturated rings. The number of nitrogens with one attached hydrogen (secondary N) is 1. The van der Waals surface area contributed by atoms with Gasteiger partial charge in [0.05, 0.1) is 7.11 Å². The summed E-state index contributed by atoms with van der Waals surface area (Å²) < 4.78 is 33.0. The van der Waals surface area contributed by atoms with Gasteiger partial charge in [-0.1, -0.05) is 42.5 Å². The molecule has 1 N–H and O–H groups in total. The van der Waals surface area contributed by atoms with Gasteiger partial charge in [0, 0.05) is 30.4 Å². The highest BCUT2D eigenvalue weighted by atomic mass is 32.2. The molecule has 0 aliphatic heterocycles. The molecule has 0 bridgehead atoms. The van der Waals surface area contributed by atoms with Gasteiger partial charge in [-0.15, -0.1) is 0 Å². The van der Waals surface area contributed by atoms with Crippen molar-refractivity contribution in [1.29, 1.82) is 0 Å². The highest BCUT2D eigenvalue weighted by Gasteiger charge is 2.26. The molecule has 0 atom stereocenters. The van der Waals surface area contributed by atoms with Crippen LogP contribution in [0, 0.1) is 0 Å². The molecule has 1 amide bonds. The molecular weight excluding hydrogens is 428 g/mol. The Hall–Kier alpha value is -3.49. The van der Waals surface area contributed by atoms with Crippen molar-refractivity contribution >= 4 is 27.4 Å². The summed E-state index contributed by atoms with van der Waals surface area (Å²) in [6.45, 7) is 1.61. The van der Waals surface area contributed by atoms with Crippen molar-refractivity contribution in [2.24, 2.45) is 0 Å². The first-order chi connectivity index (χ1) is 15.2. The molecular formula is C24H24N2O5S. The predicted octanol–water partition coefficient (Wildman–Crippen LogP) is 3.97. The van der Waals surface area contributed by atoms with E-state index >= 15 is 0 Å². The number of ether oxygens (including phenoxy) is 1. The standard InChI is InChI=1S/C24H24N2O5S/c1-17(27)19-10-7-11-21(14-19)25-24(28)20-12-13-22(31-3)23(15-20)32(29,30)26(2)16-18-8-5-4-6-9-18/h4-15H,16H2,1-3H3,(H,25,28). The van der Waals surface area contributed by atoms with Gasteiger partial charge in [-0.2, -0.15) is 4.31 Å². The molecule has 0 aromatic heterocycles. The van der Waals surface area contributed by atoms with Crippen LogP contribution in [-0.2, 0) is 16.6 Å². The van der Waals surface area contributed by atoms with Crippen molar-refractivity contribution in [1.82, 2.24) is 4.31 Å². The molecule has 0 spiro atoms. The lowest BCUT2D eigenvalue weighted by Crippen LogP contribution is -2.27. The van der Waals surface area contributed by atoms with Crippen LogP contribution in [0.2, 0.25) is 0 Å². The number of carbonyl (C=O) groups is 2. The van der Waals surface area contributed by atoms with Crippen LogP contribution in [0.3, 0.4) is 0 Å². The van der Waals surface area contributed by atoms with Gasteiger partial charge in [0.25, 0.3) is 5.91 Å². The quantitative estimate of drug-likeness (QED) is 0.522. The van der Waals surface area contributed by atoms with E-state index in [1.165, 1.54) is 43.6 Å². The van der Waals surface area contributed by atoms with Gasteiger partial charge >= 0.3 is 0 Å². The van der Waals surface area contributed by atoms with E-state index in [0.29, 0.717) is 11.3 Å². The van der Waals surface area contributed by atoms with E-state index in [4.69, 9.17) is 4.74 Å². The number of nitrogens with zero attached hydrogens (tertiary/aromatic N) is 1. The van der Waals surface area contributed by atoms with Gasteiger partial charge in [-0.3, -0.25) is 9.59 Å². The maximum absolute atomic E-state index is 13.2. The molecule has 32 heavy (non-hydrogen) atoms. The molecule has 0 saturated carbocycles. The first-order valence-corrected chi connectivity index (χ1v) is 11.3. The van der Waals surface area contributed by atoms with Crippen molar-refractivity contribution < 1.29 is 22.7 Å². The first kappa shape index (κ1) is 23.2. The number of rotatable bonds is 8. The van der Waals surface area contributed by atoms with Gasteiger partial charge in [0.2, 0.25) is 10.0 Å². The normalized spacial score (nSPS) is 11.2. The molecule has 0 aliphatic carbocycles. The molecule has 0 heterocycles. The zero-order chi connectivity index (χ0) is 23.3. The number of methoxy groups -OCH3 is 1. The van der Waals surface area contributed by atoms with Crippen LogP contribution < -0.4 is 10.1 Å². The summed E-state index contributed by atoms with van der Waals surface area (Å²) in [5.41, 5.74) is 1.87. The fourth-order valence-corrected chi connectivity index (χ4v) is 4.47. The third-order valence-electron chi connectivity index (χ3n) is 4.89. The van der Waals surface area contributed by atoms with Gasteiger partial charge in [0.15, 0.2) is 5.78 Å². The minimum absolute atomic E-state index is 0.108. The van der Waals surface area contributed by atoms with E-state index < -0.39 is 15.9 Å². The third-order valence-corrected chi connectivity index (χ3v) is 6.71. The van der Waals surface area contributed by atoms with E-state index in [-0.39, 0.29) is 28.5 Å². The summed E-state index contributed by atoms with van der Waals surface area (Å²) in [6.07, 6.45) is 0. The molecule has 0 aliphatic rings. The maximum Gasteiger partial charge on any atom is 0.255 e. The predicted molar refractivity (Wildman–Crippen MR) is 122 cm³/mol. The molecule has 3 aromatic rings. The number of hydrogen-bond donors (Lipinski definition) is 1. The van der Waals surface area contributed by atoms with Crippen molar-refractivity contribution in [3.63, 3.8) is 0 Å². The Balaban J connectivity index is 1.90. The Morgan fingerprint density at radius 2 is 1.66 bits per heavy atom. The van der Waals surface area contributed by atoms with Crippen molar-refractivity contribution in [3.05, 3.63) is 89.5 Å². The lowest BCUT2D eigenvalue weighted by Gasteiger charge is -2.19. The molecule has 0 saturated heterocycles. The van der Waals surface area contributed by atoms with Crippen LogP contribution >= 0.6 is 0 Å². The number of hydrogen-bond acceptors (Lipinski definition) is 5. The molecule has 0 radical (unpaired) electrons. The Kier molecular flexibility index (Phi) is 7.07. The van der Waals surface area contributed by atoms with E-state index in [9.17, 15) is 18.0 Å². The number of sulfonamides is 1. The molecule has 0 unspecified atom stereocenters. The summed E-state index contributed by atoms with van der Waals surface area (Å²) in [5, 5.41) is 2.70. The van der Waals surface area contributed by atoms with Gasteiger partial charge in [0.1, 0.15) is 10.6 Å². The van der Waals surface area contributed by atoms with Crippen molar-refractivity contribution in [3.8, 4) is 5.75 Å². The van der Waals surface area contributed by atoms with E-state index in [2.05, 4.69) is 5.32 Å². The summed E-state index contributed by atoms with van der Waals surface area (Å²) in [7, 11) is -1.10. The van der Waals surface area contributed by atoms with Crippen molar-refractivity contribution in [2.45, 2.75) is 18.4 Å². The molecule has 166 valence electrons. The third kappa shape index (κ3) is 5.22. The lowest BCUT2D eigenvalue weighted by molar-refractivity contribution is 0.101. The van der Waals surface area contributed by atoms with Crippen LogP contribution in [0.25, 0.3) is 0 Å². The number of benzene rings is 3. The summed E-state index contributed by atoms with van der Waals surface area (Å²) in [5.74, 6) is -0.490. The Labute approximate surface area is 187 Å². The Morgan fingerprint density at radius 1 is 0.938 bits per heavy atom. The highest BCUT2D eigenvalue weighted by Crippen LogP contribution is 2.28. The minimum Gasteiger partial charge on any atom is -0.495 e. The van der Waals surface area contributed by atoms with E-state index in [1.807, 2.05) is 30.3 Å². The largest absolute Gasteiger partial charge is 0.495 e. The number of carbonyl (C=O) groups excluding carboxylic acids is 2. The van der Waals surface area contributed by atoms with Crippen molar-refractivity contribution in [2.75, 3.05) is 19.5 Å². The van der Waals surface area contributed by atoms with E-state index in [1.54, 1.807) is 24.3 Å². The second kappa shape index (κ2) is 9.76. The average Bonchev–Trinajstić information content (AvgIpc) is 2.79. The van der Waals surface area contributed by atoms with Crippen LogP contribution in [0.15, 0.2) is 77.7 Å². The fraction of sp³-hybridized carbons (Fsp3) is 0.167. The van der Waals surface area contributed by atoms with Gasteiger partial charge in [-0.25, -0.2) is 8.42 Å². The lowest BCUT2D eigenvalue weighted by atomic mass is 10.1. The van der Waals surface area contributed by atoms with Gasteiger partial charge in [-0.05, 0) is 42.8 Å². The zero-order valence-corrected chi connectivity index (χ0v) is 18.8. The number of Topliss-reactive ketones (excluding diaryl/α,β-unsaturated/α-hetero) is 1. The SMILES string of the molecule is COc1ccc(C(=O)Nc2cccc(C(C)=O)c2)cc1S(=O)(=O)N(C)Cc1ccccc1. The number of amides is 1. The van der Waals surface area contributed by atoms with Crippen LogP contribution in [0.4, 0.5) is 5.69 Å². The monoisotopic (exact) mass is 452 g/mol. The molecule has 3 rings (SSSR count). The zero-order valence-electron chi connectivity index (χ0n) is 18.0. The Bertz CT molecular complexity index is 1240. The highest BCUT2D eigenvalue weighted by molar-refractivity contribution is 7.89. The molecule has 7 nitrogen and oxygen atoms in total. The van der Waals surface area contributed by atoms with Gasteiger partial charge < -0.3 is 10.1 Å². The van der Waals surface area contributed by atoms with Crippen LogP contribution in [0.5, 0.6) is 5.75 Å².